The average Bonchev–Trinajstić information content (AvgIpc) is 3.03. The lowest BCUT2D eigenvalue weighted by atomic mass is 10.2. The second-order valence-corrected chi connectivity index (χ2v) is 5.81. The number of aromatic nitrogens is 3. The zero-order chi connectivity index (χ0) is 15.4. The molecule has 0 aliphatic carbocycles. The number of nitrogens with zero attached hydrogens (tertiary/aromatic N) is 2. The van der Waals surface area contributed by atoms with Gasteiger partial charge in [-0.15, -0.1) is 0 Å². The lowest BCUT2D eigenvalue weighted by Crippen LogP contribution is -2.47. The fraction of sp³-hybridized carbons (Fsp3) is 0.357. The third kappa shape index (κ3) is 3.70. The van der Waals surface area contributed by atoms with E-state index in [0.29, 0.717) is 31.3 Å². The molecule has 0 spiro atoms. The zero-order valence-electron chi connectivity index (χ0n) is 11.8. The summed E-state index contributed by atoms with van der Waals surface area (Å²) >= 11 is 3.39. The third-order valence-electron chi connectivity index (χ3n) is 3.28. The van der Waals surface area contributed by atoms with Gasteiger partial charge in [-0.1, -0.05) is 28.1 Å². The number of hydrogen-bond acceptors (Lipinski definition) is 5. The minimum absolute atomic E-state index is 0.145. The zero-order valence-corrected chi connectivity index (χ0v) is 13.4. The Morgan fingerprint density at radius 3 is 2.95 bits per heavy atom. The van der Waals surface area contributed by atoms with Crippen LogP contribution < -0.4 is 10.6 Å². The Bertz CT molecular complexity index is 637. The van der Waals surface area contributed by atoms with Crippen LogP contribution in [0.2, 0.25) is 0 Å². The summed E-state index contributed by atoms with van der Waals surface area (Å²) in [5, 5.41) is 12.9. The van der Waals surface area contributed by atoms with Crippen LogP contribution in [-0.2, 0) is 16.1 Å². The van der Waals surface area contributed by atoms with E-state index >= 15 is 0 Å². The lowest BCUT2D eigenvalue weighted by molar-refractivity contribution is -0.134. The van der Waals surface area contributed by atoms with Crippen molar-refractivity contribution in [2.75, 3.05) is 19.7 Å². The van der Waals surface area contributed by atoms with Gasteiger partial charge in [0, 0.05) is 23.1 Å². The lowest BCUT2D eigenvalue weighted by Gasteiger charge is -2.22. The molecule has 116 valence electrons. The number of rotatable bonds is 4. The van der Waals surface area contributed by atoms with Crippen molar-refractivity contribution >= 4 is 21.8 Å². The van der Waals surface area contributed by atoms with Crippen LogP contribution in [0.5, 0.6) is 0 Å². The van der Waals surface area contributed by atoms with Crippen molar-refractivity contribution in [3.63, 3.8) is 0 Å². The van der Waals surface area contributed by atoms with Crippen LogP contribution in [0, 0.1) is 0 Å². The molecule has 1 atom stereocenters. The summed E-state index contributed by atoms with van der Waals surface area (Å²) in [7, 11) is 0. The maximum atomic E-state index is 11.9. The highest BCUT2D eigenvalue weighted by molar-refractivity contribution is 9.10. The van der Waals surface area contributed by atoms with E-state index in [9.17, 15) is 4.79 Å². The molecule has 0 saturated carbocycles. The monoisotopic (exact) mass is 365 g/mol. The molecule has 0 radical (unpaired) electrons. The van der Waals surface area contributed by atoms with Crippen molar-refractivity contribution in [3.05, 3.63) is 34.6 Å². The number of amides is 1. The Balaban J connectivity index is 1.57. The average molecular weight is 366 g/mol. The van der Waals surface area contributed by atoms with Gasteiger partial charge in [-0.25, -0.2) is 4.98 Å². The number of carbonyl (C=O) groups is 1. The van der Waals surface area contributed by atoms with Crippen molar-refractivity contribution in [3.8, 4) is 11.4 Å². The summed E-state index contributed by atoms with van der Waals surface area (Å²) in [6.07, 6.45) is -0.442. The Labute approximate surface area is 136 Å². The minimum atomic E-state index is -0.442. The van der Waals surface area contributed by atoms with E-state index < -0.39 is 6.10 Å². The quantitative estimate of drug-likeness (QED) is 0.746. The van der Waals surface area contributed by atoms with Gasteiger partial charge in [0.25, 0.3) is 5.91 Å². The number of aromatic amines is 1. The molecular formula is C14H16BrN5O2. The molecule has 1 amide bonds. The number of benzene rings is 1. The number of ether oxygens (including phenoxy) is 1. The molecule has 2 heterocycles. The molecule has 3 rings (SSSR count). The first-order chi connectivity index (χ1) is 10.7. The molecule has 1 unspecified atom stereocenters. The highest BCUT2D eigenvalue weighted by Gasteiger charge is 2.21. The van der Waals surface area contributed by atoms with Gasteiger partial charge in [-0.2, -0.15) is 5.10 Å². The van der Waals surface area contributed by atoms with Gasteiger partial charge in [0.1, 0.15) is 11.9 Å². The summed E-state index contributed by atoms with van der Waals surface area (Å²) in [6.45, 7) is 2.16. The Hall–Kier alpha value is -1.77. The normalized spacial score (nSPS) is 18.1. The highest BCUT2D eigenvalue weighted by atomic mass is 79.9. The molecule has 8 heteroatoms. The Morgan fingerprint density at radius 1 is 1.41 bits per heavy atom. The number of nitrogens with one attached hydrogen (secondary N) is 3. The molecule has 1 aromatic heterocycles. The summed E-state index contributed by atoms with van der Waals surface area (Å²) < 4.78 is 6.39. The predicted octanol–water partition coefficient (Wildman–Crippen LogP) is 0.839. The standard InChI is InChI=1S/C14H16BrN5O2/c15-10-3-1-9(2-4-10)13-18-12(19-20-13)8-17-14(21)11-7-16-5-6-22-11/h1-4,11,16H,5-8H2,(H,17,21)(H,18,19,20). The van der Waals surface area contributed by atoms with Crippen LogP contribution in [-0.4, -0.2) is 46.9 Å². The summed E-state index contributed by atoms with van der Waals surface area (Å²) in [6, 6.07) is 7.72. The first-order valence-corrected chi connectivity index (χ1v) is 7.79. The first kappa shape index (κ1) is 15.1. The van der Waals surface area contributed by atoms with Crippen LogP contribution in [0.3, 0.4) is 0 Å². The van der Waals surface area contributed by atoms with E-state index in [2.05, 4.69) is 41.7 Å². The van der Waals surface area contributed by atoms with E-state index in [1.807, 2.05) is 24.3 Å². The maximum Gasteiger partial charge on any atom is 0.250 e. The van der Waals surface area contributed by atoms with Crippen LogP contribution in [0.4, 0.5) is 0 Å². The fourth-order valence-electron chi connectivity index (χ4n) is 2.12. The second kappa shape index (κ2) is 6.99. The molecule has 1 saturated heterocycles. The largest absolute Gasteiger partial charge is 0.366 e. The van der Waals surface area contributed by atoms with E-state index in [0.717, 1.165) is 16.6 Å². The summed E-state index contributed by atoms with van der Waals surface area (Å²) in [4.78, 5) is 16.3. The van der Waals surface area contributed by atoms with Gasteiger partial charge in [0.05, 0.1) is 13.2 Å². The Kier molecular flexibility index (Phi) is 4.81. The summed E-state index contributed by atoms with van der Waals surface area (Å²) in [5.74, 6) is 1.07. The van der Waals surface area contributed by atoms with Crippen molar-refractivity contribution in [1.29, 1.82) is 0 Å². The molecule has 1 aliphatic rings. The smallest absolute Gasteiger partial charge is 0.250 e. The molecule has 7 nitrogen and oxygen atoms in total. The van der Waals surface area contributed by atoms with Gasteiger partial charge in [0.15, 0.2) is 5.82 Å². The number of hydrogen-bond donors (Lipinski definition) is 3. The van der Waals surface area contributed by atoms with Gasteiger partial charge < -0.3 is 15.4 Å². The molecule has 22 heavy (non-hydrogen) atoms. The topological polar surface area (TPSA) is 91.9 Å². The predicted molar refractivity (Wildman–Crippen MR) is 84.0 cm³/mol. The van der Waals surface area contributed by atoms with Gasteiger partial charge in [0.2, 0.25) is 0 Å². The molecule has 1 fully saturated rings. The summed E-state index contributed by atoms with van der Waals surface area (Å²) in [5.41, 5.74) is 0.914. The van der Waals surface area contributed by atoms with Crippen LogP contribution in [0.1, 0.15) is 5.82 Å². The van der Waals surface area contributed by atoms with Crippen molar-refractivity contribution < 1.29 is 9.53 Å². The molecular weight excluding hydrogens is 350 g/mol. The Morgan fingerprint density at radius 2 is 2.23 bits per heavy atom. The number of morpholine rings is 1. The van der Waals surface area contributed by atoms with Crippen LogP contribution >= 0.6 is 15.9 Å². The minimum Gasteiger partial charge on any atom is -0.366 e. The molecule has 3 N–H and O–H groups in total. The maximum absolute atomic E-state index is 11.9. The highest BCUT2D eigenvalue weighted by Crippen LogP contribution is 2.18. The van der Waals surface area contributed by atoms with Crippen molar-refractivity contribution in [2.45, 2.75) is 12.6 Å². The number of carbonyl (C=O) groups excluding carboxylic acids is 1. The number of H-pyrrole nitrogens is 1. The van der Waals surface area contributed by atoms with E-state index in [1.165, 1.54) is 0 Å². The SMILES string of the molecule is O=C(NCc1nc(-c2ccc(Br)cc2)n[nH]1)C1CNCCO1. The van der Waals surface area contributed by atoms with E-state index in [4.69, 9.17) is 4.74 Å². The van der Waals surface area contributed by atoms with Crippen LogP contribution in [0.15, 0.2) is 28.7 Å². The van der Waals surface area contributed by atoms with Crippen molar-refractivity contribution in [1.82, 2.24) is 25.8 Å². The third-order valence-corrected chi connectivity index (χ3v) is 3.81. The van der Waals surface area contributed by atoms with E-state index in [1.54, 1.807) is 0 Å². The molecule has 1 aliphatic heterocycles. The van der Waals surface area contributed by atoms with Crippen molar-refractivity contribution in [2.24, 2.45) is 0 Å². The van der Waals surface area contributed by atoms with Gasteiger partial charge in [-0.3, -0.25) is 9.89 Å². The number of halogens is 1. The fourth-order valence-corrected chi connectivity index (χ4v) is 2.39. The molecule has 0 bridgehead atoms. The first-order valence-electron chi connectivity index (χ1n) is 6.99. The van der Waals surface area contributed by atoms with Crippen LogP contribution in [0.25, 0.3) is 11.4 Å². The molecule has 2 aromatic rings. The van der Waals surface area contributed by atoms with E-state index in [-0.39, 0.29) is 5.91 Å². The molecule has 1 aromatic carbocycles. The van der Waals surface area contributed by atoms with Gasteiger partial charge >= 0.3 is 0 Å². The van der Waals surface area contributed by atoms with Gasteiger partial charge in [-0.05, 0) is 12.1 Å². The second-order valence-electron chi connectivity index (χ2n) is 4.89.